The Morgan fingerprint density at radius 2 is 2.35 bits per heavy atom. The van der Waals surface area contributed by atoms with E-state index < -0.39 is 11.4 Å². The van der Waals surface area contributed by atoms with Crippen molar-refractivity contribution in [3.8, 4) is 0 Å². The van der Waals surface area contributed by atoms with Gasteiger partial charge >= 0.3 is 5.97 Å². The van der Waals surface area contributed by atoms with Crippen molar-refractivity contribution in [1.82, 2.24) is 0 Å². The molecule has 1 N–H and O–H groups in total. The Bertz CT molecular complexity index is 430. The number of carbonyl (C=O) groups is 1. The van der Waals surface area contributed by atoms with Gasteiger partial charge in [0.2, 0.25) is 0 Å². The van der Waals surface area contributed by atoms with Gasteiger partial charge in [-0.05, 0) is 31.4 Å². The fraction of sp³-hybridized carbons (Fsp3) is 0.357. The maximum Gasteiger partial charge on any atom is 0.313 e. The predicted molar refractivity (Wildman–Crippen MR) is 70.3 cm³/mol. The zero-order chi connectivity index (χ0) is 12.5. The molecular formula is C14H16O2S. The number of hydrogen-bond acceptors (Lipinski definition) is 2. The van der Waals surface area contributed by atoms with Crippen LogP contribution in [0.25, 0.3) is 0 Å². The molecule has 0 bridgehead atoms. The first kappa shape index (κ1) is 12.2. The highest BCUT2D eigenvalue weighted by molar-refractivity contribution is 8.00. The molecule has 0 radical (unpaired) electrons. The second-order valence-corrected chi connectivity index (χ2v) is 6.02. The largest absolute Gasteiger partial charge is 0.481 e. The van der Waals surface area contributed by atoms with Crippen LogP contribution >= 0.6 is 11.8 Å². The van der Waals surface area contributed by atoms with Crippen LogP contribution in [0.15, 0.2) is 41.8 Å². The summed E-state index contributed by atoms with van der Waals surface area (Å²) >= 11 is 1.78. The van der Waals surface area contributed by atoms with Gasteiger partial charge in [0.05, 0.1) is 5.41 Å². The fourth-order valence-electron chi connectivity index (χ4n) is 2.10. The summed E-state index contributed by atoms with van der Waals surface area (Å²) in [5.74, 6) is -0.788. The van der Waals surface area contributed by atoms with E-state index in [1.807, 2.05) is 12.1 Å². The molecule has 17 heavy (non-hydrogen) atoms. The summed E-state index contributed by atoms with van der Waals surface area (Å²) < 4.78 is 0. The molecule has 0 aliphatic carbocycles. The topological polar surface area (TPSA) is 37.3 Å². The Kier molecular flexibility index (Phi) is 3.29. The van der Waals surface area contributed by atoms with E-state index in [0.717, 1.165) is 6.42 Å². The van der Waals surface area contributed by atoms with E-state index in [9.17, 15) is 9.90 Å². The van der Waals surface area contributed by atoms with E-state index in [1.54, 1.807) is 24.8 Å². The van der Waals surface area contributed by atoms with Gasteiger partial charge in [-0.25, -0.2) is 0 Å². The molecule has 0 saturated heterocycles. The van der Waals surface area contributed by atoms with Gasteiger partial charge < -0.3 is 5.11 Å². The Labute approximate surface area is 106 Å². The van der Waals surface area contributed by atoms with Crippen molar-refractivity contribution < 1.29 is 9.90 Å². The van der Waals surface area contributed by atoms with Crippen LogP contribution in [0.3, 0.4) is 0 Å². The maximum atomic E-state index is 11.2. The molecule has 0 spiro atoms. The number of carboxylic acid groups (broad SMARTS) is 1. The minimum atomic E-state index is -0.820. The molecule has 2 atom stereocenters. The third-order valence-corrected chi connectivity index (χ3v) is 4.62. The molecule has 1 heterocycles. The van der Waals surface area contributed by atoms with Gasteiger partial charge in [0.1, 0.15) is 0 Å². The van der Waals surface area contributed by atoms with Gasteiger partial charge in [0.25, 0.3) is 0 Å². The van der Waals surface area contributed by atoms with Crippen molar-refractivity contribution in [2.24, 2.45) is 5.41 Å². The minimum absolute atomic E-state index is 0.339. The molecule has 0 aromatic heterocycles. The van der Waals surface area contributed by atoms with Crippen LogP contribution in [0.1, 0.15) is 18.9 Å². The number of aliphatic carboxylic acids is 1. The molecule has 0 saturated carbocycles. The van der Waals surface area contributed by atoms with Crippen LogP contribution in [0.2, 0.25) is 0 Å². The molecule has 1 aliphatic rings. The third kappa shape index (κ3) is 2.39. The lowest BCUT2D eigenvalue weighted by Gasteiger charge is -2.23. The first-order chi connectivity index (χ1) is 8.05. The Morgan fingerprint density at radius 3 is 2.94 bits per heavy atom. The summed E-state index contributed by atoms with van der Waals surface area (Å²) in [4.78, 5) is 12.5. The van der Waals surface area contributed by atoms with Crippen molar-refractivity contribution in [3.05, 3.63) is 42.5 Å². The zero-order valence-electron chi connectivity index (χ0n) is 9.85. The van der Waals surface area contributed by atoms with Crippen molar-refractivity contribution in [3.63, 3.8) is 0 Å². The SMILES string of the molecule is C=CC(C)(CC1Cc2ccccc2S1)C(=O)O. The summed E-state index contributed by atoms with van der Waals surface area (Å²) in [6.45, 7) is 5.40. The van der Waals surface area contributed by atoms with Gasteiger partial charge in [-0.3, -0.25) is 4.79 Å². The van der Waals surface area contributed by atoms with Crippen molar-refractivity contribution in [2.45, 2.75) is 29.9 Å². The molecule has 90 valence electrons. The molecule has 0 fully saturated rings. The average molecular weight is 248 g/mol. The van der Waals surface area contributed by atoms with E-state index in [4.69, 9.17) is 0 Å². The predicted octanol–water partition coefficient (Wildman–Crippen LogP) is 3.37. The van der Waals surface area contributed by atoms with E-state index in [0.29, 0.717) is 11.7 Å². The smallest absolute Gasteiger partial charge is 0.313 e. The highest BCUT2D eigenvalue weighted by Gasteiger charge is 2.35. The maximum absolute atomic E-state index is 11.2. The minimum Gasteiger partial charge on any atom is -0.481 e. The molecule has 3 heteroatoms. The summed E-state index contributed by atoms with van der Waals surface area (Å²) in [5, 5.41) is 9.57. The highest BCUT2D eigenvalue weighted by atomic mass is 32.2. The second kappa shape index (κ2) is 4.57. The summed E-state index contributed by atoms with van der Waals surface area (Å²) in [7, 11) is 0. The second-order valence-electron chi connectivity index (χ2n) is 4.68. The number of fused-ring (bicyclic) bond motifs is 1. The van der Waals surface area contributed by atoms with E-state index in [-0.39, 0.29) is 0 Å². The van der Waals surface area contributed by atoms with E-state index in [1.165, 1.54) is 10.5 Å². The van der Waals surface area contributed by atoms with Crippen LogP contribution < -0.4 is 0 Å². The zero-order valence-corrected chi connectivity index (χ0v) is 10.7. The van der Waals surface area contributed by atoms with Gasteiger partial charge in [-0.1, -0.05) is 24.3 Å². The average Bonchev–Trinajstić information content (AvgIpc) is 2.70. The van der Waals surface area contributed by atoms with Gasteiger partial charge in [-0.2, -0.15) is 0 Å². The standard InChI is InChI=1S/C14H16O2S/c1-3-14(2,13(15)16)9-11-8-10-6-4-5-7-12(10)17-11/h3-7,11H,1,8-9H2,2H3,(H,15,16). The number of thioether (sulfide) groups is 1. The van der Waals surface area contributed by atoms with Crippen LogP contribution in [-0.2, 0) is 11.2 Å². The van der Waals surface area contributed by atoms with Crippen molar-refractivity contribution in [1.29, 1.82) is 0 Å². The van der Waals surface area contributed by atoms with Gasteiger partial charge in [0, 0.05) is 10.1 Å². The third-order valence-electron chi connectivity index (χ3n) is 3.30. The highest BCUT2D eigenvalue weighted by Crippen LogP contribution is 2.42. The van der Waals surface area contributed by atoms with Crippen molar-refractivity contribution in [2.75, 3.05) is 0 Å². The first-order valence-electron chi connectivity index (χ1n) is 5.67. The normalized spacial score (nSPS) is 21.6. The summed E-state index contributed by atoms with van der Waals surface area (Å²) in [5.41, 5.74) is 0.513. The number of hydrogen-bond donors (Lipinski definition) is 1. The molecule has 1 aliphatic heterocycles. The first-order valence-corrected chi connectivity index (χ1v) is 6.55. The number of rotatable bonds is 4. The molecule has 1 aromatic rings. The lowest BCUT2D eigenvalue weighted by Crippen LogP contribution is -2.28. The monoisotopic (exact) mass is 248 g/mol. The van der Waals surface area contributed by atoms with Crippen LogP contribution in [0.4, 0.5) is 0 Å². The Balaban J connectivity index is 2.09. The van der Waals surface area contributed by atoms with Crippen LogP contribution in [0.5, 0.6) is 0 Å². The molecule has 2 nitrogen and oxygen atoms in total. The van der Waals surface area contributed by atoms with Crippen LogP contribution in [0, 0.1) is 5.41 Å². The molecular weight excluding hydrogens is 232 g/mol. The van der Waals surface area contributed by atoms with E-state index in [2.05, 4.69) is 18.7 Å². The molecule has 1 aromatic carbocycles. The summed E-state index contributed by atoms with van der Waals surface area (Å²) in [6.07, 6.45) is 3.14. The summed E-state index contributed by atoms with van der Waals surface area (Å²) in [6, 6.07) is 8.28. The Hall–Kier alpha value is -1.22. The van der Waals surface area contributed by atoms with Crippen molar-refractivity contribution >= 4 is 17.7 Å². The van der Waals surface area contributed by atoms with Gasteiger partial charge in [-0.15, -0.1) is 18.3 Å². The number of carboxylic acids is 1. The van der Waals surface area contributed by atoms with Crippen LogP contribution in [-0.4, -0.2) is 16.3 Å². The van der Waals surface area contributed by atoms with Gasteiger partial charge in [0.15, 0.2) is 0 Å². The lowest BCUT2D eigenvalue weighted by molar-refractivity contribution is -0.145. The molecule has 2 unspecified atom stereocenters. The lowest BCUT2D eigenvalue weighted by atomic mass is 9.84. The fourth-order valence-corrected chi connectivity index (χ4v) is 3.61. The Morgan fingerprint density at radius 1 is 1.65 bits per heavy atom. The quantitative estimate of drug-likeness (QED) is 0.830. The van der Waals surface area contributed by atoms with E-state index >= 15 is 0 Å². The number of benzene rings is 1. The molecule has 2 rings (SSSR count). The molecule has 0 amide bonds.